The first kappa shape index (κ1) is 34.1. The number of halogens is 1. The van der Waals surface area contributed by atoms with Crippen molar-refractivity contribution in [3.8, 4) is 17.1 Å². The van der Waals surface area contributed by atoms with E-state index in [0.717, 1.165) is 0 Å². The Bertz CT molecular complexity index is 1810. The Kier molecular flexibility index (Phi) is 8.94. The fourth-order valence-electron chi connectivity index (χ4n) is 8.66. The molecule has 3 heterocycles. The first-order chi connectivity index (χ1) is 22.7. The topological polar surface area (TPSA) is 151 Å². The van der Waals surface area contributed by atoms with Gasteiger partial charge in [-0.3, -0.25) is 14.6 Å². The van der Waals surface area contributed by atoms with Crippen LogP contribution in [0.15, 0.2) is 64.1 Å². The van der Waals surface area contributed by atoms with Crippen molar-refractivity contribution in [3.05, 3.63) is 80.0 Å². The van der Waals surface area contributed by atoms with E-state index in [0.29, 0.717) is 27.5 Å². The number of carbonyl (C=O) groups is 3. The van der Waals surface area contributed by atoms with Gasteiger partial charge in [0.15, 0.2) is 0 Å². The summed E-state index contributed by atoms with van der Waals surface area (Å²) < 4.78 is 31.0. The Labute approximate surface area is 291 Å². The minimum absolute atomic E-state index is 0.0292. The van der Waals surface area contributed by atoms with Crippen molar-refractivity contribution >= 4 is 40.5 Å². The number of aliphatic hydroxyl groups excluding tert-OH is 1. The molecule has 0 radical (unpaired) electrons. The third kappa shape index (κ3) is 5.70. The standard InChI is InChI=1S/C36H38INO10/c1-19(39)44-18-35(4)26-16-28(47-32(42)22-10-6-7-11-23(22)37)36(5)31(34(26,3)13-12-27(35)45-20(2)40)30(41)29-25(48-36)15-24(46-33(29)43)21-9-8-14-38-17-21/h6-11,14-15,17,26-28,30-31,41H,12-13,16,18H2,1-5H3/t26?,27-,28-,30-,31?,34-,35?,36+/m0/s1. The maximum Gasteiger partial charge on any atom is 0.345 e. The lowest BCUT2D eigenvalue weighted by Crippen LogP contribution is -2.71. The predicted octanol–water partition coefficient (Wildman–Crippen LogP) is 5.65. The Morgan fingerprint density at radius 1 is 1.04 bits per heavy atom. The molecule has 2 saturated carbocycles. The number of fused-ring (bicyclic) bond motifs is 4. The van der Waals surface area contributed by atoms with E-state index in [1.165, 1.54) is 13.8 Å². The summed E-state index contributed by atoms with van der Waals surface area (Å²) in [4.78, 5) is 56.0. The normalized spacial score (nSPS) is 32.0. The molecule has 1 aliphatic heterocycles. The van der Waals surface area contributed by atoms with Crippen molar-refractivity contribution in [1.82, 2.24) is 4.98 Å². The van der Waals surface area contributed by atoms with Crippen molar-refractivity contribution in [2.45, 2.75) is 77.8 Å². The summed E-state index contributed by atoms with van der Waals surface area (Å²) in [5.41, 5.74) is -2.93. The van der Waals surface area contributed by atoms with Crippen molar-refractivity contribution in [3.63, 3.8) is 0 Å². The summed E-state index contributed by atoms with van der Waals surface area (Å²) in [6.07, 6.45) is 1.29. The van der Waals surface area contributed by atoms with E-state index in [1.807, 2.05) is 19.9 Å². The van der Waals surface area contributed by atoms with Crippen LogP contribution in [0.5, 0.6) is 5.75 Å². The van der Waals surface area contributed by atoms with Crippen LogP contribution in [0.2, 0.25) is 0 Å². The number of rotatable bonds is 6. The summed E-state index contributed by atoms with van der Waals surface area (Å²) in [6.45, 7) is 8.28. The highest BCUT2D eigenvalue weighted by Crippen LogP contribution is 2.67. The molecule has 0 bridgehead atoms. The molecular formula is C36H38INO10. The number of hydrogen-bond donors (Lipinski definition) is 1. The van der Waals surface area contributed by atoms with Crippen LogP contribution in [0.25, 0.3) is 11.3 Å². The van der Waals surface area contributed by atoms with Gasteiger partial charge in [-0.15, -0.1) is 0 Å². The molecule has 3 unspecified atom stereocenters. The van der Waals surface area contributed by atoms with Crippen LogP contribution in [0.3, 0.4) is 0 Å². The quantitative estimate of drug-likeness (QED) is 0.188. The lowest BCUT2D eigenvalue weighted by atomic mass is 9.42. The van der Waals surface area contributed by atoms with Gasteiger partial charge in [0.2, 0.25) is 0 Å². The fraction of sp³-hybridized carbons (Fsp3) is 0.472. The maximum atomic E-state index is 13.8. The van der Waals surface area contributed by atoms with Gasteiger partial charge in [-0.25, -0.2) is 9.59 Å². The molecule has 11 nitrogen and oxygen atoms in total. The monoisotopic (exact) mass is 771 g/mol. The fourth-order valence-corrected chi connectivity index (χ4v) is 9.26. The van der Waals surface area contributed by atoms with Gasteiger partial charge in [0, 0.05) is 52.8 Å². The number of aliphatic hydroxyl groups is 1. The van der Waals surface area contributed by atoms with Gasteiger partial charge in [-0.1, -0.05) is 26.0 Å². The van der Waals surface area contributed by atoms with Crippen LogP contribution in [0.4, 0.5) is 0 Å². The molecule has 0 amide bonds. The summed E-state index contributed by atoms with van der Waals surface area (Å²) in [7, 11) is 0. The zero-order valence-corrected chi connectivity index (χ0v) is 29.5. The molecule has 3 aromatic rings. The summed E-state index contributed by atoms with van der Waals surface area (Å²) in [5.74, 6) is -2.44. The van der Waals surface area contributed by atoms with Crippen LogP contribution in [0, 0.1) is 26.2 Å². The molecule has 2 fully saturated rings. The van der Waals surface area contributed by atoms with Gasteiger partial charge in [0.25, 0.3) is 0 Å². The van der Waals surface area contributed by atoms with E-state index in [9.17, 15) is 24.3 Å². The molecule has 1 aromatic carbocycles. The Morgan fingerprint density at radius 2 is 1.79 bits per heavy atom. The summed E-state index contributed by atoms with van der Waals surface area (Å²) in [6, 6.07) is 12.1. The van der Waals surface area contributed by atoms with E-state index in [1.54, 1.807) is 55.7 Å². The van der Waals surface area contributed by atoms with E-state index in [2.05, 4.69) is 27.6 Å². The molecule has 0 saturated heterocycles. The van der Waals surface area contributed by atoms with Crippen LogP contribution >= 0.6 is 22.6 Å². The third-order valence-electron chi connectivity index (χ3n) is 10.8. The van der Waals surface area contributed by atoms with Crippen molar-refractivity contribution in [1.29, 1.82) is 0 Å². The molecule has 254 valence electrons. The Balaban J connectivity index is 1.51. The van der Waals surface area contributed by atoms with Crippen LogP contribution in [-0.4, -0.2) is 52.4 Å². The highest BCUT2D eigenvalue weighted by molar-refractivity contribution is 14.1. The number of pyridine rings is 1. The van der Waals surface area contributed by atoms with Gasteiger partial charge in [0.1, 0.15) is 41.5 Å². The summed E-state index contributed by atoms with van der Waals surface area (Å²) >= 11 is 2.08. The van der Waals surface area contributed by atoms with Gasteiger partial charge in [-0.2, -0.15) is 0 Å². The highest BCUT2D eigenvalue weighted by Gasteiger charge is 2.71. The number of aromatic nitrogens is 1. The van der Waals surface area contributed by atoms with Crippen molar-refractivity contribution in [2.75, 3.05) is 6.61 Å². The Hall–Kier alpha value is -3.78. The second-order valence-electron chi connectivity index (χ2n) is 13.7. The van der Waals surface area contributed by atoms with Crippen LogP contribution < -0.4 is 10.4 Å². The molecule has 48 heavy (non-hydrogen) atoms. The maximum absolute atomic E-state index is 13.8. The minimum Gasteiger partial charge on any atom is -0.482 e. The van der Waals surface area contributed by atoms with Gasteiger partial charge >= 0.3 is 23.5 Å². The van der Waals surface area contributed by atoms with Crippen molar-refractivity contribution < 1.29 is 42.9 Å². The van der Waals surface area contributed by atoms with Crippen molar-refractivity contribution in [2.24, 2.45) is 22.7 Å². The molecule has 1 N–H and O–H groups in total. The lowest BCUT2D eigenvalue weighted by molar-refractivity contribution is -0.266. The molecule has 3 aliphatic rings. The molecule has 0 spiro atoms. The highest BCUT2D eigenvalue weighted by atomic mass is 127. The van der Waals surface area contributed by atoms with E-state index in [-0.39, 0.29) is 30.1 Å². The van der Waals surface area contributed by atoms with Gasteiger partial charge < -0.3 is 28.5 Å². The second-order valence-corrected chi connectivity index (χ2v) is 14.9. The molecule has 8 atom stereocenters. The predicted molar refractivity (Wildman–Crippen MR) is 180 cm³/mol. The molecule has 6 rings (SSSR count). The van der Waals surface area contributed by atoms with E-state index < -0.39 is 70.1 Å². The second kappa shape index (κ2) is 12.6. The number of ether oxygens (including phenoxy) is 4. The smallest absolute Gasteiger partial charge is 0.345 e. The van der Waals surface area contributed by atoms with E-state index >= 15 is 0 Å². The Morgan fingerprint density at radius 3 is 2.46 bits per heavy atom. The number of esters is 3. The number of benzene rings is 1. The first-order valence-corrected chi connectivity index (χ1v) is 17.0. The molecule has 12 heteroatoms. The van der Waals surface area contributed by atoms with Gasteiger partial charge in [0.05, 0.1) is 11.7 Å². The van der Waals surface area contributed by atoms with Gasteiger partial charge in [-0.05, 0) is 84.4 Å². The third-order valence-corrected chi connectivity index (χ3v) is 11.7. The van der Waals surface area contributed by atoms with E-state index in [4.69, 9.17) is 23.4 Å². The summed E-state index contributed by atoms with van der Waals surface area (Å²) in [5, 5.41) is 12.3. The molecular weight excluding hydrogens is 733 g/mol. The largest absolute Gasteiger partial charge is 0.482 e. The zero-order chi connectivity index (χ0) is 34.6. The lowest BCUT2D eigenvalue weighted by Gasteiger charge is -2.66. The van der Waals surface area contributed by atoms with Crippen LogP contribution in [0.1, 0.15) is 75.9 Å². The zero-order valence-electron chi connectivity index (χ0n) is 27.4. The number of nitrogens with zero attached hydrogens (tertiary/aromatic N) is 1. The SMILES string of the molecule is CC(=O)OCC1(C)C2C[C@H](OC(=O)c3ccccc3I)[C@@]3(C)Oc4cc(-c5cccnc5)oc(=O)c4[C@H](O)C3[C@@]2(C)CC[C@@H]1OC(C)=O. The number of hydrogen-bond acceptors (Lipinski definition) is 11. The first-order valence-electron chi connectivity index (χ1n) is 15.9. The average molecular weight is 772 g/mol. The molecule has 2 aromatic heterocycles. The van der Waals surface area contributed by atoms with Crippen LogP contribution in [-0.2, 0) is 23.8 Å². The molecule has 2 aliphatic carbocycles. The number of carbonyl (C=O) groups excluding carboxylic acids is 3. The average Bonchev–Trinajstić information content (AvgIpc) is 3.02. The minimum atomic E-state index is -1.38.